The normalized spacial score (nSPS) is 13.6. The third-order valence-electron chi connectivity index (χ3n) is 4.66. The van der Waals surface area contributed by atoms with Crippen LogP contribution in [0.25, 0.3) is 5.65 Å². The zero-order chi connectivity index (χ0) is 18.3. The van der Waals surface area contributed by atoms with Gasteiger partial charge in [0.25, 0.3) is 5.91 Å². The van der Waals surface area contributed by atoms with Gasteiger partial charge in [-0.2, -0.15) is 5.10 Å². The summed E-state index contributed by atoms with van der Waals surface area (Å²) in [6.45, 7) is 3.09. The Balaban J connectivity index is 1.64. The van der Waals surface area contributed by atoms with Crippen LogP contribution in [-0.4, -0.2) is 46.2 Å². The van der Waals surface area contributed by atoms with Crippen LogP contribution in [0.15, 0.2) is 30.5 Å². The van der Waals surface area contributed by atoms with Gasteiger partial charge in [-0.15, -0.1) is 0 Å². The molecule has 0 saturated heterocycles. The number of aryl methyl sites for hydroxylation is 1. The largest absolute Gasteiger partial charge is 0.497 e. The van der Waals surface area contributed by atoms with E-state index in [4.69, 9.17) is 9.47 Å². The summed E-state index contributed by atoms with van der Waals surface area (Å²) >= 11 is 0. The molecule has 1 aromatic carbocycles. The first-order chi connectivity index (χ1) is 12.6. The smallest absolute Gasteiger partial charge is 0.254 e. The highest BCUT2D eigenvalue weighted by molar-refractivity contribution is 5.95. The molecular formula is C19H20N4O3. The number of benzene rings is 1. The van der Waals surface area contributed by atoms with E-state index in [2.05, 4.69) is 10.1 Å². The van der Waals surface area contributed by atoms with Gasteiger partial charge in [0.05, 0.1) is 25.6 Å². The summed E-state index contributed by atoms with van der Waals surface area (Å²) in [5.74, 6) is 1.14. The summed E-state index contributed by atoms with van der Waals surface area (Å²) in [5, 5.41) is 4.52. The van der Waals surface area contributed by atoms with Crippen LogP contribution in [0.3, 0.4) is 0 Å². The number of methoxy groups -OCH3 is 2. The first-order valence-electron chi connectivity index (χ1n) is 8.44. The molecule has 134 valence electrons. The second-order valence-electron chi connectivity index (χ2n) is 6.36. The summed E-state index contributed by atoms with van der Waals surface area (Å²) in [6, 6.07) is 7.18. The first kappa shape index (κ1) is 16.4. The Hall–Kier alpha value is -3.09. The number of hydrogen-bond acceptors (Lipinski definition) is 5. The lowest BCUT2D eigenvalue weighted by atomic mass is 10.1. The molecule has 2 aromatic heterocycles. The van der Waals surface area contributed by atoms with Crippen LogP contribution in [0.2, 0.25) is 0 Å². The van der Waals surface area contributed by atoms with Gasteiger partial charge in [-0.05, 0) is 19.1 Å². The lowest BCUT2D eigenvalue weighted by molar-refractivity contribution is 0.0732. The van der Waals surface area contributed by atoms with Crippen LogP contribution in [0.5, 0.6) is 11.5 Å². The van der Waals surface area contributed by atoms with E-state index in [1.54, 1.807) is 32.4 Å². The van der Waals surface area contributed by atoms with Crippen molar-refractivity contribution in [3.05, 3.63) is 53.0 Å². The van der Waals surface area contributed by atoms with Crippen molar-refractivity contribution >= 4 is 11.6 Å². The number of carbonyl (C=O) groups excluding carboxylic acids is 1. The molecule has 7 heteroatoms. The van der Waals surface area contributed by atoms with E-state index >= 15 is 0 Å². The number of hydrogen-bond donors (Lipinski definition) is 0. The van der Waals surface area contributed by atoms with E-state index in [1.165, 1.54) is 0 Å². The van der Waals surface area contributed by atoms with Crippen molar-refractivity contribution < 1.29 is 14.3 Å². The summed E-state index contributed by atoms with van der Waals surface area (Å²) in [4.78, 5) is 19.3. The van der Waals surface area contributed by atoms with Crippen LogP contribution >= 0.6 is 0 Å². The number of aromatic nitrogens is 3. The quantitative estimate of drug-likeness (QED) is 0.723. The number of amides is 1. The van der Waals surface area contributed by atoms with Gasteiger partial charge in [0, 0.05) is 49.0 Å². The Morgan fingerprint density at radius 1 is 1.12 bits per heavy atom. The Labute approximate surface area is 151 Å². The molecule has 7 nitrogen and oxygen atoms in total. The van der Waals surface area contributed by atoms with Gasteiger partial charge in [-0.3, -0.25) is 4.79 Å². The fourth-order valence-electron chi connectivity index (χ4n) is 3.34. The molecule has 0 N–H and O–H groups in total. The minimum absolute atomic E-state index is 0.0513. The fourth-order valence-corrected chi connectivity index (χ4v) is 3.34. The predicted molar refractivity (Wildman–Crippen MR) is 95.7 cm³/mol. The Morgan fingerprint density at radius 2 is 1.85 bits per heavy atom. The Bertz CT molecular complexity index is 974. The van der Waals surface area contributed by atoms with E-state index < -0.39 is 0 Å². The van der Waals surface area contributed by atoms with Crippen molar-refractivity contribution in [3.8, 4) is 11.5 Å². The molecule has 0 atom stereocenters. The van der Waals surface area contributed by atoms with Crippen LogP contribution in [0, 0.1) is 6.92 Å². The predicted octanol–water partition coefficient (Wildman–Crippen LogP) is 2.25. The molecule has 1 amide bonds. The minimum Gasteiger partial charge on any atom is -0.497 e. The standard InChI is InChI=1S/C19H20N4O3/c1-12-6-18-20-10-14-11-22(5-4-17(14)23(18)21-12)19(24)13-7-15(25-2)9-16(8-13)26-3/h6-10H,4-5,11H2,1-3H3. The molecule has 26 heavy (non-hydrogen) atoms. The van der Waals surface area contributed by atoms with Gasteiger partial charge in [0.2, 0.25) is 0 Å². The van der Waals surface area contributed by atoms with Gasteiger partial charge in [0.15, 0.2) is 5.65 Å². The van der Waals surface area contributed by atoms with Crippen LogP contribution in [-0.2, 0) is 13.0 Å². The molecule has 0 bridgehead atoms. The second kappa shape index (κ2) is 6.33. The maximum absolute atomic E-state index is 13.0. The molecule has 0 aliphatic carbocycles. The maximum atomic E-state index is 13.0. The van der Waals surface area contributed by atoms with Gasteiger partial charge >= 0.3 is 0 Å². The molecular weight excluding hydrogens is 332 g/mol. The number of rotatable bonds is 3. The van der Waals surface area contributed by atoms with Crippen molar-refractivity contribution in [1.29, 1.82) is 0 Å². The van der Waals surface area contributed by atoms with Crippen LogP contribution in [0.4, 0.5) is 0 Å². The van der Waals surface area contributed by atoms with E-state index in [9.17, 15) is 4.79 Å². The molecule has 0 unspecified atom stereocenters. The van der Waals surface area contributed by atoms with Gasteiger partial charge in [0.1, 0.15) is 11.5 Å². The zero-order valence-electron chi connectivity index (χ0n) is 15.0. The molecule has 1 aliphatic rings. The van der Waals surface area contributed by atoms with Crippen LogP contribution < -0.4 is 9.47 Å². The Kier molecular flexibility index (Phi) is 3.99. The van der Waals surface area contributed by atoms with Gasteiger partial charge in [-0.25, -0.2) is 9.50 Å². The summed E-state index contributed by atoms with van der Waals surface area (Å²) in [6.07, 6.45) is 2.58. The molecule has 3 aromatic rings. The maximum Gasteiger partial charge on any atom is 0.254 e. The average molecular weight is 352 g/mol. The topological polar surface area (TPSA) is 69.0 Å². The number of fused-ring (bicyclic) bond motifs is 3. The minimum atomic E-state index is -0.0513. The fraction of sp³-hybridized carbons (Fsp3) is 0.316. The highest BCUT2D eigenvalue weighted by Gasteiger charge is 2.25. The monoisotopic (exact) mass is 352 g/mol. The molecule has 0 spiro atoms. The van der Waals surface area contributed by atoms with Crippen molar-refractivity contribution in [2.45, 2.75) is 19.9 Å². The average Bonchev–Trinajstić information content (AvgIpc) is 3.07. The third kappa shape index (κ3) is 2.75. The molecule has 4 rings (SSSR count). The molecule has 1 aliphatic heterocycles. The summed E-state index contributed by atoms with van der Waals surface area (Å²) in [5.41, 5.74) is 4.48. The first-order valence-corrected chi connectivity index (χ1v) is 8.44. The van der Waals surface area contributed by atoms with E-state index in [1.807, 2.05) is 28.6 Å². The van der Waals surface area contributed by atoms with E-state index in [0.29, 0.717) is 30.2 Å². The van der Waals surface area contributed by atoms with Crippen molar-refractivity contribution in [2.75, 3.05) is 20.8 Å². The summed E-state index contributed by atoms with van der Waals surface area (Å²) in [7, 11) is 3.15. The van der Waals surface area contributed by atoms with E-state index in [0.717, 1.165) is 29.0 Å². The number of ether oxygens (including phenoxy) is 2. The second-order valence-corrected chi connectivity index (χ2v) is 6.36. The number of nitrogens with zero attached hydrogens (tertiary/aromatic N) is 4. The highest BCUT2D eigenvalue weighted by Crippen LogP contribution is 2.26. The molecule has 3 heterocycles. The zero-order valence-corrected chi connectivity index (χ0v) is 15.0. The molecule has 0 saturated carbocycles. The lowest BCUT2D eigenvalue weighted by Gasteiger charge is -2.29. The summed E-state index contributed by atoms with van der Waals surface area (Å²) < 4.78 is 12.4. The highest BCUT2D eigenvalue weighted by atomic mass is 16.5. The Morgan fingerprint density at radius 3 is 2.54 bits per heavy atom. The van der Waals surface area contributed by atoms with Crippen molar-refractivity contribution in [1.82, 2.24) is 19.5 Å². The SMILES string of the molecule is COc1cc(OC)cc(C(=O)N2CCc3c(cnc4cc(C)nn34)C2)c1. The van der Waals surface area contributed by atoms with Gasteiger partial charge < -0.3 is 14.4 Å². The van der Waals surface area contributed by atoms with Crippen molar-refractivity contribution in [3.63, 3.8) is 0 Å². The van der Waals surface area contributed by atoms with Gasteiger partial charge in [-0.1, -0.05) is 0 Å². The lowest BCUT2D eigenvalue weighted by Crippen LogP contribution is -2.37. The van der Waals surface area contributed by atoms with Crippen molar-refractivity contribution in [2.24, 2.45) is 0 Å². The molecule has 0 radical (unpaired) electrons. The molecule has 0 fully saturated rings. The number of carbonyl (C=O) groups is 1. The third-order valence-corrected chi connectivity index (χ3v) is 4.66. The van der Waals surface area contributed by atoms with E-state index in [-0.39, 0.29) is 5.91 Å². The van der Waals surface area contributed by atoms with Crippen LogP contribution in [0.1, 0.15) is 27.3 Å².